The summed E-state index contributed by atoms with van der Waals surface area (Å²) in [6.07, 6.45) is 7.11. The summed E-state index contributed by atoms with van der Waals surface area (Å²) in [5.74, 6) is 0.708. The fourth-order valence-corrected chi connectivity index (χ4v) is 5.41. The Kier molecular flexibility index (Phi) is 7.11. The summed E-state index contributed by atoms with van der Waals surface area (Å²) < 4.78 is 11.3. The standard InChI is InChI=1S/C26H35N3O3/c1-4-31-24-23(15-27-25(28-24)32-5-2)26(30)21-12-9-13-22(26)18-29(17-21)16-19(3)14-20-10-7-6-8-11-20/h6-8,10-11,14-15,21-22,30H,4-5,9,12-13,16-18H2,1-3H3/b19-14+/t21-,22-/m1/s1. The molecule has 2 bridgehead atoms. The van der Waals surface area contributed by atoms with Crippen LogP contribution < -0.4 is 9.47 Å². The van der Waals surface area contributed by atoms with Gasteiger partial charge in [0.25, 0.3) is 0 Å². The zero-order chi connectivity index (χ0) is 22.6. The largest absolute Gasteiger partial charge is 0.478 e. The molecule has 2 atom stereocenters. The maximum absolute atomic E-state index is 12.1. The molecule has 6 heteroatoms. The van der Waals surface area contributed by atoms with Gasteiger partial charge in [-0.1, -0.05) is 48.4 Å². The van der Waals surface area contributed by atoms with Gasteiger partial charge >= 0.3 is 6.01 Å². The number of hydrogen-bond acceptors (Lipinski definition) is 6. The molecular weight excluding hydrogens is 402 g/mol. The minimum absolute atomic E-state index is 0.125. The predicted molar refractivity (Wildman–Crippen MR) is 126 cm³/mol. The lowest BCUT2D eigenvalue weighted by Crippen LogP contribution is -2.58. The number of benzene rings is 1. The Labute approximate surface area is 191 Å². The zero-order valence-corrected chi connectivity index (χ0v) is 19.5. The van der Waals surface area contributed by atoms with E-state index in [1.54, 1.807) is 6.20 Å². The van der Waals surface area contributed by atoms with Crippen molar-refractivity contribution in [3.05, 3.63) is 53.2 Å². The van der Waals surface area contributed by atoms with E-state index in [1.165, 1.54) is 11.1 Å². The first-order valence-electron chi connectivity index (χ1n) is 11.8. The fraction of sp³-hybridized carbons (Fsp3) is 0.538. The van der Waals surface area contributed by atoms with Crippen LogP contribution in [-0.4, -0.2) is 52.8 Å². The monoisotopic (exact) mass is 437 g/mol. The van der Waals surface area contributed by atoms with Crippen LogP contribution in [0.1, 0.15) is 51.2 Å². The smallest absolute Gasteiger partial charge is 0.319 e. The lowest BCUT2D eigenvalue weighted by molar-refractivity contribution is -0.147. The number of ether oxygens (including phenoxy) is 2. The van der Waals surface area contributed by atoms with E-state index in [9.17, 15) is 5.11 Å². The number of hydrogen-bond donors (Lipinski definition) is 1. The van der Waals surface area contributed by atoms with Crippen molar-refractivity contribution in [2.75, 3.05) is 32.8 Å². The Morgan fingerprint density at radius 2 is 1.81 bits per heavy atom. The average molecular weight is 438 g/mol. The van der Waals surface area contributed by atoms with Gasteiger partial charge in [0.2, 0.25) is 5.88 Å². The SMILES string of the molecule is CCOc1ncc(C2(O)[C@@H]3CCC[C@@H]2CN(C/C(C)=C/c2ccccc2)C3)c(OCC)n1. The molecule has 1 aliphatic carbocycles. The molecule has 1 aromatic heterocycles. The van der Waals surface area contributed by atoms with Crippen molar-refractivity contribution in [2.45, 2.75) is 45.6 Å². The van der Waals surface area contributed by atoms with Crippen LogP contribution in [0.2, 0.25) is 0 Å². The maximum atomic E-state index is 12.1. The van der Waals surface area contributed by atoms with E-state index >= 15 is 0 Å². The first-order chi connectivity index (χ1) is 15.5. The van der Waals surface area contributed by atoms with Crippen LogP contribution in [0.15, 0.2) is 42.1 Å². The lowest BCUT2D eigenvalue weighted by Gasteiger charge is -2.53. The molecule has 2 aromatic rings. The van der Waals surface area contributed by atoms with E-state index in [0.29, 0.717) is 30.7 Å². The third kappa shape index (κ3) is 4.66. The molecule has 32 heavy (non-hydrogen) atoms. The summed E-state index contributed by atoms with van der Waals surface area (Å²) in [6, 6.07) is 10.7. The van der Waals surface area contributed by atoms with Crippen molar-refractivity contribution in [2.24, 2.45) is 11.8 Å². The molecular formula is C26H35N3O3. The summed E-state index contributed by atoms with van der Waals surface area (Å²) in [4.78, 5) is 11.3. The van der Waals surface area contributed by atoms with Gasteiger partial charge in [-0.05, 0) is 39.2 Å². The Morgan fingerprint density at radius 3 is 2.47 bits per heavy atom. The van der Waals surface area contributed by atoms with Crippen molar-refractivity contribution >= 4 is 6.08 Å². The average Bonchev–Trinajstić information content (AvgIpc) is 2.76. The normalized spacial score (nSPS) is 26.1. The van der Waals surface area contributed by atoms with E-state index in [2.05, 4.69) is 52.1 Å². The Hall–Kier alpha value is -2.44. The summed E-state index contributed by atoms with van der Waals surface area (Å²) >= 11 is 0. The highest BCUT2D eigenvalue weighted by Gasteiger charge is 2.53. The van der Waals surface area contributed by atoms with Gasteiger partial charge in [-0.25, -0.2) is 4.98 Å². The molecule has 4 rings (SSSR count). The minimum Gasteiger partial charge on any atom is -0.478 e. The third-order valence-corrected chi connectivity index (χ3v) is 6.71. The molecule has 0 radical (unpaired) electrons. The molecule has 0 unspecified atom stereocenters. The topological polar surface area (TPSA) is 67.7 Å². The number of aromatic nitrogens is 2. The first kappa shape index (κ1) is 22.7. The molecule has 1 saturated carbocycles. The number of piperidine rings is 1. The van der Waals surface area contributed by atoms with Gasteiger partial charge in [-0.3, -0.25) is 4.90 Å². The van der Waals surface area contributed by atoms with Crippen LogP contribution >= 0.6 is 0 Å². The molecule has 2 heterocycles. The molecule has 1 aliphatic heterocycles. The summed E-state index contributed by atoms with van der Waals surface area (Å²) in [7, 11) is 0. The number of fused-ring (bicyclic) bond motifs is 2. The van der Waals surface area contributed by atoms with Crippen LogP contribution in [0.4, 0.5) is 0 Å². The van der Waals surface area contributed by atoms with E-state index < -0.39 is 5.60 Å². The highest BCUT2D eigenvalue weighted by molar-refractivity contribution is 5.52. The second kappa shape index (κ2) is 10.0. The molecule has 0 spiro atoms. The van der Waals surface area contributed by atoms with Gasteiger partial charge in [-0.2, -0.15) is 4.98 Å². The highest BCUT2D eigenvalue weighted by Crippen LogP contribution is 2.51. The van der Waals surface area contributed by atoms with Gasteiger partial charge < -0.3 is 14.6 Å². The number of nitrogens with zero attached hydrogens (tertiary/aromatic N) is 3. The fourth-order valence-electron chi connectivity index (χ4n) is 5.41. The van der Waals surface area contributed by atoms with Crippen molar-refractivity contribution < 1.29 is 14.6 Å². The third-order valence-electron chi connectivity index (χ3n) is 6.71. The molecule has 2 aliphatic rings. The van der Waals surface area contributed by atoms with E-state index in [4.69, 9.17) is 9.47 Å². The number of likely N-dealkylation sites (tertiary alicyclic amines) is 1. The van der Waals surface area contributed by atoms with E-state index in [0.717, 1.165) is 38.9 Å². The summed E-state index contributed by atoms with van der Waals surface area (Å²) in [6.45, 7) is 9.62. The molecule has 2 fully saturated rings. The zero-order valence-electron chi connectivity index (χ0n) is 19.5. The Morgan fingerprint density at radius 1 is 1.12 bits per heavy atom. The van der Waals surface area contributed by atoms with Gasteiger partial charge in [0.15, 0.2) is 0 Å². The molecule has 1 saturated heterocycles. The number of rotatable bonds is 8. The van der Waals surface area contributed by atoms with Crippen LogP contribution in [0.5, 0.6) is 11.9 Å². The van der Waals surface area contributed by atoms with Crippen molar-refractivity contribution in [3.63, 3.8) is 0 Å². The van der Waals surface area contributed by atoms with E-state index in [-0.39, 0.29) is 11.8 Å². The van der Waals surface area contributed by atoms with Crippen LogP contribution in [-0.2, 0) is 5.60 Å². The quantitative estimate of drug-likeness (QED) is 0.664. The van der Waals surface area contributed by atoms with Crippen molar-refractivity contribution in [1.82, 2.24) is 14.9 Å². The predicted octanol–water partition coefficient (Wildman–Crippen LogP) is 4.30. The molecule has 1 aromatic carbocycles. The van der Waals surface area contributed by atoms with Crippen molar-refractivity contribution in [3.8, 4) is 11.9 Å². The maximum Gasteiger partial charge on any atom is 0.319 e. The summed E-state index contributed by atoms with van der Waals surface area (Å²) in [5, 5.41) is 12.1. The van der Waals surface area contributed by atoms with E-state index in [1.807, 2.05) is 19.9 Å². The second-order valence-electron chi connectivity index (χ2n) is 8.98. The second-order valence-corrected chi connectivity index (χ2v) is 8.98. The van der Waals surface area contributed by atoms with Crippen molar-refractivity contribution in [1.29, 1.82) is 0 Å². The molecule has 6 nitrogen and oxygen atoms in total. The first-order valence-corrected chi connectivity index (χ1v) is 11.8. The van der Waals surface area contributed by atoms with Crippen LogP contribution in [0, 0.1) is 11.8 Å². The van der Waals surface area contributed by atoms with Crippen LogP contribution in [0.3, 0.4) is 0 Å². The summed E-state index contributed by atoms with van der Waals surface area (Å²) in [5.41, 5.74) is 2.31. The van der Waals surface area contributed by atoms with Gasteiger partial charge in [-0.15, -0.1) is 0 Å². The van der Waals surface area contributed by atoms with Crippen LogP contribution in [0.25, 0.3) is 6.08 Å². The molecule has 1 N–H and O–H groups in total. The Bertz CT molecular complexity index is 917. The molecule has 172 valence electrons. The lowest BCUT2D eigenvalue weighted by atomic mass is 9.63. The van der Waals surface area contributed by atoms with Gasteiger partial charge in [0.1, 0.15) is 5.60 Å². The molecule has 0 amide bonds. The van der Waals surface area contributed by atoms with Gasteiger partial charge in [0, 0.05) is 37.7 Å². The minimum atomic E-state index is -0.971. The highest BCUT2D eigenvalue weighted by atomic mass is 16.5. The van der Waals surface area contributed by atoms with Gasteiger partial charge in [0.05, 0.1) is 18.8 Å². The number of aliphatic hydroxyl groups is 1. The Balaban J connectivity index is 1.56.